The van der Waals surface area contributed by atoms with Crippen molar-refractivity contribution >= 4 is 17.2 Å². The zero-order chi connectivity index (χ0) is 11.5. The van der Waals surface area contributed by atoms with Gasteiger partial charge in [-0.3, -0.25) is 4.79 Å². The largest absolute Gasteiger partial charge is 0.335 e. The van der Waals surface area contributed by atoms with Crippen molar-refractivity contribution in [2.45, 2.75) is 39.2 Å². The van der Waals surface area contributed by atoms with Crippen LogP contribution < -0.4 is 0 Å². The summed E-state index contributed by atoms with van der Waals surface area (Å²) in [5, 5.41) is 2.10. The van der Waals surface area contributed by atoms with Gasteiger partial charge in [-0.2, -0.15) is 0 Å². The Morgan fingerprint density at radius 3 is 3.06 bits per heavy atom. The highest BCUT2D eigenvalue weighted by molar-refractivity contribution is 7.10. The van der Waals surface area contributed by atoms with E-state index in [2.05, 4.69) is 36.3 Å². The van der Waals surface area contributed by atoms with Crippen LogP contribution in [0.25, 0.3) is 0 Å². The van der Waals surface area contributed by atoms with Gasteiger partial charge in [0.1, 0.15) is 0 Å². The molecule has 0 radical (unpaired) electrons. The summed E-state index contributed by atoms with van der Waals surface area (Å²) in [5.41, 5.74) is 0. The van der Waals surface area contributed by atoms with E-state index in [1.54, 1.807) is 11.3 Å². The second-order valence-electron chi connectivity index (χ2n) is 4.86. The molecule has 0 bridgehead atoms. The van der Waals surface area contributed by atoms with E-state index in [1.807, 2.05) is 0 Å². The molecule has 2 rings (SSSR count). The number of likely N-dealkylation sites (tertiary alicyclic amines) is 1. The molecule has 1 saturated heterocycles. The number of hydrogen-bond donors (Lipinski definition) is 0. The second-order valence-corrected chi connectivity index (χ2v) is 5.84. The van der Waals surface area contributed by atoms with Crippen molar-refractivity contribution in [2.75, 3.05) is 6.54 Å². The number of thiophene rings is 1. The Labute approximate surface area is 101 Å². The minimum Gasteiger partial charge on any atom is -0.335 e. The Balaban J connectivity index is 2.06. The van der Waals surface area contributed by atoms with Crippen LogP contribution >= 0.6 is 11.3 Å². The van der Waals surface area contributed by atoms with E-state index < -0.39 is 0 Å². The molecule has 1 atom stereocenters. The summed E-state index contributed by atoms with van der Waals surface area (Å²) in [6.45, 7) is 5.15. The molecule has 2 heterocycles. The molecule has 0 aromatic carbocycles. The van der Waals surface area contributed by atoms with Crippen LogP contribution in [-0.2, 0) is 4.79 Å². The van der Waals surface area contributed by atoms with Crippen LogP contribution in [-0.4, -0.2) is 17.4 Å². The average Bonchev–Trinajstić information content (AvgIpc) is 2.87. The van der Waals surface area contributed by atoms with Crippen LogP contribution in [0, 0.1) is 5.92 Å². The summed E-state index contributed by atoms with van der Waals surface area (Å²) in [6.07, 6.45) is 2.96. The van der Waals surface area contributed by atoms with E-state index in [0.717, 1.165) is 19.4 Å². The van der Waals surface area contributed by atoms with E-state index in [-0.39, 0.29) is 0 Å². The number of carbonyl (C=O) groups is 1. The molecule has 1 aromatic rings. The summed E-state index contributed by atoms with van der Waals surface area (Å²) in [7, 11) is 0. The van der Waals surface area contributed by atoms with Gasteiger partial charge in [0.2, 0.25) is 5.91 Å². The lowest BCUT2D eigenvalue weighted by Gasteiger charge is -2.24. The standard InChI is InChI=1S/C13H19NOS/c1-10(2)9-13(15)14-7-3-5-11(14)12-6-4-8-16-12/h4,6,8,10-11H,3,5,7,9H2,1-2H3/t11-/m0/s1. The maximum Gasteiger partial charge on any atom is 0.223 e. The van der Waals surface area contributed by atoms with Gasteiger partial charge in [-0.15, -0.1) is 11.3 Å². The van der Waals surface area contributed by atoms with Crippen molar-refractivity contribution in [3.63, 3.8) is 0 Å². The summed E-state index contributed by atoms with van der Waals surface area (Å²) in [5.74, 6) is 0.781. The fraction of sp³-hybridized carbons (Fsp3) is 0.615. The van der Waals surface area contributed by atoms with Gasteiger partial charge in [0.25, 0.3) is 0 Å². The zero-order valence-corrected chi connectivity index (χ0v) is 10.8. The summed E-state index contributed by atoms with van der Waals surface area (Å²) in [4.78, 5) is 15.5. The van der Waals surface area contributed by atoms with Crippen molar-refractivity contribution in [3.05, 3.63) is 22.4 Å². The molecule has 1 aliphatic rings. The fourth-order valence-electron chi connectivity index (χ4n) is 2.31. The first-order valence-corrected chi connectivity index (χ1v) is 6.89. The van der Waals surface area contributed by atoms with Gasteiger partial charge in [0.05, 0.1) is 6.04 Å². The Kier molecular flexibility index (Phi) is 3.64. The SMILES string of the molecule is CC(C)CC(=O)N1CCC[C@H]1c1cccs1. The molecule has 0 unspecified atom stereocenters. The molecule has 0 spiro atoms. The van der Waals surface area contributed by atoms with Crippen molar-refractivity contribution < 1.29 is 4.79 Å². The van der Waals surface area contributed by atoms with Crippen molar-refractivity contribution in [1.29, 1.82) is 0 Å². The van der Waals surface area contributed by atoms with Crippen LogP contribution in [0.5, 0.6) is 0 Å². The summed E-state index contributed by atoms with van der Waals surface area (Å²) >= 11 is 1.77. The normalized spacial score (nSPS) is 20.7. The molecule has 1 fully saturated rings. The van der Waals surface area contributed by atoms with E-state index in [1.165, 1.54) is 4.88 Å². The highest BCUT2D eigenvalue weighted by atomic mass is 32.1. The van der Waals surface area contributed by atoms with Gasteiger partial charge < -0.3 is 4.90 Å². The third-order valence-corrected chi connectivity index (χ3v) is 4.00. The third-order valence-electron chi connectivity index (χ3n) is 3.03. The zero-order valence-electron chi connectivity index (χ0n) is 9.98. The first-order chi connectivity index (χ1) is 7.68. The molecule has 1 aliphatic heterocycles. The van der Waals surface area contributed by atoms with E-state index in [0.29, 0.717) is 24.3 Å². The third kappa shape index (κ3) is 2.46. The van der Waals surface area contributed by atoms with Crippen molar-refractivity contribution in [3.8, 4) is 0 Å². The Morgan fingerprint density at radius 1 is 1.62 bits per heavy atom. The summed E-state index contributed by atoms with van der Waals surface area (Å²) in [6, 6.07) is 4.57. The van der Waals surface area contributed by atoms with Crippen LogP contribution in [0.4, 0.5) is 0 Å². The Bertz CT molecular complexity index is 345. The molecule has 0 aliphatic carbocycles. The number of rotatable bonds is 3. The van der Waals surface area contributed by atoms with E-state index in [9.17, 15) is 4.79 Å². The lowest BCUT2D eigenvalue weighted by Crippen LogP contribution is -2.30. The molecular weight excluding hydrogens is 218 g/mol. The fourth-order valence-corrected chi connectivity index (χ4v) is 3.18. The van der Waals surface area contributed by atoms with Gasteiger partial charge >= 0.3 is 0 Å². The highest BCUT2D eigenvalue weighted by Gasteiger charge is 2.30. The molecule has 88 valence electrons. The van der Waals surface area contributed by atoms with Gasteiger partial charge in [-0.25, -0.2) is 0 Å². The molecular formula is C13H19NOS. The van der Waals surface area contributed by atoms with Crippen molar-refractivity contribution in [1.82, 2.24) is 4.90 Å². The molecule has 1 amide bonds. The number of carbonyl (C=O) groups excluding carboxylic acids is 1. The Morgan fingerprint density at radius 2 is 2.44 bits per heavy atom. The topological polar surface area (TPSA) is 20.3 Å². The first-order valence-electron chi connectivity index (χ1n) is 6.01. The highest BCUT2D eigenvalue weighted by Crippen LogP contribution is 2.35. The Hall–Kier alpha value is -0.830. The number of hydrogen-bond acceptors (Lipinski definition) is 2. The second kappa shape index (κ2) is 5.00. The van der Waals surface area contributed by atoms with Gasteiger partial charge in [-0.1, -0.05) is 19.9 Å². The van der Waals surface area contributed by atoms with Crippen molar-refractivity contribution in [2.24, 2.45) is 5.92 Å². The maximum absolute atomic E-state index is 12.1. The maximum atomic E-state index is 12.1. The monoisotopic (exact) mass is 237 g/mol. The first kappa shape index (κ1) is 11.6. The minimum atomic E-state index is 0.325. The molecule has 0 N–H and O–H groups in total. The predicted molar refractivity (Wildman–Crippen MR) is 67.5 cm³/mol. The van der Waals surface area contributed by atoms with Crippen LogP contribution in [0.3, 0.4) is 0 Å². The van der Waals surface area contributed by atoms with Gasteiger partial charge in [0, 0.05) is 17.8 Å². The lowest BCUT2D eigenvalue weighted by molar-refractivity contribution is -0.132. The van der Waals surface area contributed by atoms with Gasteiger partial charge in [-0.05, 0) is 30.2 Å². The quantitative estimate of drug-likeness (QED) is 0.788. The molecule has 3 heteroatoms. The molecule has 16 heavy (non-hydrogen) atoms. The van der Waals surface area contributed by atoms with Gasteiger partial charge in [0.15, 0.2) is 0 Å². The van der Waals surface area contributed by atoms with E-state index in [4.69, 9.17) is 0 Å². The average molecular weight is 237 g/mol. The lowest BCUT2D eigenvalue weighted by atomic mass is 10.1. The minimum absolute atomic E-state index is 0.325. The van der Waals surface area contributed by atoms with Crippen LogP contribution in [0.2, 0.25) is 0 Å². The predicted octanol–water partition coefficient (Wildman–Crippen LogP) is 3.46. The molecule has 2 nitrogen and oxygen atoms in total. The smallest absolute Gasteiger partial charge is 0.223 e. The van der Waals surface area contributed by atoms with Crippen LogP contribution in [0.15, 0.2) is 17.5 Å². The molecule has 0 saturated carbocycles. The van der Waals surface area contributed by atoms with E-state index >= 15 is 0 Å². The summed E-state index contributed by atoms with van der Waals surface area (Å²) < 4.78 is 0. The van der Waals surface area contributed by atoms with Crippen LogP contribution in [0.1, 0.15) is 44.0 Å². The number of amides is 1. The molecule has 1 aromatic heterocycles. The number of nitrogens with zero attached hydrogens (tertiary/aromatic N) is 1.